The van der Waals surface area contributed by atoms with Crippen molar-refractivity contribution in [2.45, 2.75) is 71.3 Å². The number of anilines is 1. The fourth-order valence-electron chi connectivity index (χ4n) is 5.56. The molecule has 2 N–H and O–H groups in total. The van der Waals surface area contributed by atoms with Gasteiger partial charge in [0.15, 0.2) is 5.78 Å². The first-order valence-electron chi connectivity index (χ1n) is 14.9. The van der Waals surface area contributed by atoms with E-state index in [1.807, 2.05) is 36.0 Å². The van der Waals surface area contributed by atoms with Crippen LogP contribution in [0, 0.1) is 6.92 Å². The number of Topliss-reactive ketones (excluding diaryl/α,β-unsaturated/α-hetero) is 1. The third-order valence-corrected chi connectivity index (χ3v) is 8.41. The third-order valence-electron chi connectivity index (χ3n) is 7.71. The van der Waals surface area contributed by atoms with E-state index in [1.54, 1.807) is 6.92 Å². The van der Waals surface area contributed by atoms with Crippen LogP contribution in [0.25, 0.3) is 11.0 Å². The van der Waals surface area contributed by atoms with Gasteiger partial charge in [-0.05, 0) is 87.4 Å². The summed E-state index contributed by atoms with van der Waals surface area (Å²) in [6.45, 7) is 6.18. The summed E-state index contributed by atoms with van der Waals surface area (Å²) in [5, 5.41) is 7.69. The highest BCUT2D eigenvalue weighted by atomic mass is 32.2. The second-order valence-electron chi connectivity index (χ2n) is 10.6. The molecule has 1 aromatic heterocycles. The molecule has 7 nitrogen and oxygen atoms in total. The number of hydrogen-bond donors (Lipinski definition) is 2. The summed E-state index contributed by atoms with van der Waals surface area (Å²) < 4.78 is 17.6. The molecule has 0 amide bonds. The Morgan fingerprint density at radius 2 is 1.85 bits per heavy atom. The average molecular weight is 581 g/mol. The Kier molecular flexibility index (Phi) is 12.0. The minimum absolute atomic E-state index is 0.0183. The SMILES string of the molecule is CCOC(=O)CCNCC(=O)c1ccc(NCc2oc3ccc(OCCCSC)c(C4CCCCC4)c3c2C)cc1. The molecule has 4 rings (SSSR count). The molecule has 1 heterocycles. The van der Waals surface area contributed by atoms with Gasteiger partial charge >= 0.3 is 5.97 Å². The van der Waals surface area contributed by atoms with Gasteiger partial charge in [0.1, 0.15) is 17.1 Å². The standard InChI is InChI=1S/C33H44N2O5S/c1-4-38-31(37)17-18-34-21-27(36)24-11-13-26(14-12-24)35-22-30-23(2)32-29(40-30)16-15-28(39-19-8-20-41-3)33(32)25-9-6-5-7-10-25/h11-16,25,34-35H,4-10,17-22H2,1-3H3. The summed E-state index contributed by atoms with van der Waals surface area (Å²) in [5.41, 5.74) is 4.97. The largest absolute Gasteiger partial charge is 0.493 e. The van der Waals surface area contributed by atoms with E-state index < -0.39 is 0 Å². The molecule has 1 saturated carbocycles. The van der Waals surface area contributed by atoms with Gasteiger partial charge in [0, 0.05) is 34.3 Å². The van der Waals surface area contributed by atoms with Crippen LogP contribution in [0.1, 0.15) is 85.0 Å². The number of benzene rings is 2. The van der Waals surface area contributed by atoms with Gasteiger partial charge in [-0.15, -0.1) is 0 Å². The number of carbonyl (C=O) groups excluding carboxylic acids is 2. The van der Waals surface area contributed by atoms with Gasteiger partial charge in [0.25, 0.3) is 0 Å². The summed E-state index contributed by atoms with van der Waals surface area (Å²) in [4.78, 5) is 23.9. The molecule has 0 saturated heterocycles. The number of ketones is 1. The van der Waals surface area contributed by atoms with Crippen LogP contribution in [0.2, 0.25) is 0 Å². The van der Waals surface area contributed by atoms with Gasteiger partial charge in [-0.25, -0.2) is 0 Å². The van der Waals surface area contributed by atoms with E-state index in [2.05, 4.69) is 35.9 Å². The minimum Gasteiger partial charge on any atom is -0.493 e. The van der Waals surface area contributed by atoms with E-state index in [-0.39, 0.29) is 24.7 Å². The first-order valence-corrected chi connectivity index (χ1v) is 16.3. The molecular formula is C33H44N2O5S. The number of rotatable bonds is 16. The van der Waals surface area contributed by atoms with Crippen LogP contribution in [0.5, 0.6) is 5.75 Å². The van der Waals surface area contributed by atoms with Gasteiger partial charge in [-0.3, -0.25) is 9.59 Å². The van der Waals surface area contributed by atoms with Crippen LogP contribution >= 0.6 is 11.8 Å². The Morgan fingerprint density at radius 1 is 1.07 bits per heavy atom. The van der Waals surface area contributed by atoms with Crippen molar-refractivity contribution in [1.29, 1.82) is 0 Å². The van der Waals surface area contributed by atoms with E-state index in [1.165, 1.54) is 48.6 Å². The van der Waals surface area contributed by atoms with E-state index >= 15 is 0 Å². The summed E-state index contributed by atoms with van der Waals surface area (Å²) in [6.07, 6.45) is 9.66. The molecule has 8 heteroatoms. The van der Waals surface area contributed by atoms with Crippen LogP contribution < -0.4 is 15.4 Å². The molecule has 1 fully saturated rings. The summed E-state index contributed by atoms with van der Waals surface area (Å²) in [6, 6.07) is 11.6. The monoisotopic (exact) mass is 580 g/mol. The molecule has 0 aliphatic heterocycles. The van der Waals surface area contributed by atoms with Crippen LogP contribution in [-0.2, 0) is 16.1 Å². The molecule has 0 bridgehead atoms. The van der Waals surface area contributed by atoms with Crippen LogP contribution in [-0.4, -0.2) is 50.1 Å². The number of thioether (sulfide) groups is 1. The molecule has 0 atom stereocenters. The number of hydrogen-bond acceptors (Lipinski definition) is 8. The molecule has 222 valence electrons. The van der Waals surface area contributed by atoms with Crippen molar-refractivity contribution in [3.05, 3.63) is 58.8 Å². The lowest BCUT2D eigenvalue weighted by atomic mass is 9.81. The number of ether oxygens (including phenoxy) is 2. The number of carbonyl (C=O) groups is 2. The first kappa shape index (κ1) is 31.0. The summed E-state index contributed by atoms with van der Waals surface area (Å²) in [5.74, 6) is 3.26. The molecule has 2 aromatic carbocycles. The van der Waals surface area contributed by atoms with Crippen molar-refractivity contribution in [3.63, 3.8) is 0 Å². The highest BCUT2D eigenvalue weighted by Crippen LogP contribution is 2.44. The van der Waals surface area contributed by atoms with Crippen molar-refractivity contribution in [1.82, 2.24) is 5.32 Å². The smallest absolute Gasteiger partial charge is 0.307 e. The zero-order valence-electron chi connectivity index (χ0n) is 24.7. The van der Waals surface area contributed by atoms with Gasteiger partial charge < -0.3 is 24.5 Å². The van der Waals surface area contributed by atoms with Gasteiger partial charge in [0.05, 0.1) is 32.7 Å². The van der Waals surface area contributed by atoms with E-state index in [0.29, 0.717) is 31.2 Å². The second-order valence-corrected chi connectivity index (χ2v) is 11.6. The average Bonchev–Trinajstić information content (AvgIpc) is 3.32. The van der Waals surface area contributed by atoms with Gasteiger partial charge in [-0.2, -0.15) is 11.8 Å². The zero-order valence-corrected chi connectivity index (χ0v) is 25.5. The Labute approximate surface area is 248 Å². The number of nitrogens with one attached hydrogen (secondary N) is 2. The van der Waals surface area contributed by atoms with Crippen LogP contribution in [0.3, 0.4) is 0 Å². The Hall–Kier alpha value is -2.97. The van der Waals surface area contributed by atoms with Crippen molar-refractivity contribution in [2.75, 3.05) is 43.6 Å². The topological polar surface area (TPSA) is 89.8 Å². The minimum atomic E-state index is -0.261. The number of fused-ring (bicyclic) bond motifs is 1. The number of furan rings is 1. The van der Waals surface area contributed by atoms with Crippen molar-refractivity contribution < 1.29 is 23.5 Å². The number of aryl methyl sites for hydroxylation is 1. The maximum atomic E-state index is 12.5. The predicted molar refractivity (Wildman–Crippen MR) is 167 cm³/mol. The lowest BCUT2D eigenvalue weighted by Gasteiger charge is -2.25. The highest BCUT2D eigenvalue weighted by Gasteiger charge is 2.25. The second kappa shape index (κ2) is 15.9. The number of esters is 1. The summed E-state index contributed by atoms with van der Waals surface area (Å²) >= 11 is 1.85. The molecule has 41 heavy (non-hydrogen) atoms. The molecule has 0 spiro atoms. The molecule has 1 aliphatic carbocycles. The summed E-state index contributed by atoms with van der Waals surface area (Å²) in [7, 11) is 0. The predicted octanol–water partition coefficient (Wildman–Crippen LogP) is 7.26. The quantitative estimate of drug-likeness (QED) is 0.104. The highest BCUT2D eigenvalue weighted by molar-refractivity contribution is 7.98. The zero-order chi connectivity index (χ0) is 29.0. The van der Waals surface area contributed by atoms with E-state index in [4.69, 9.17) is 13.9 Å². The van der Waals surface area contributed by atoms with E-state index in [9.17, 15) is 9.59 Å². The maximum absolute atomic E-state index is 12.5. The normalized spacial score (nSPS) is 13.8. The molecule has 3 aromatic rings. The molecule has 0 unspecified atom stereocenters. The van der Waals surface area contributed by atoms with Gasteiger partial charge in [-0.1, -0.05) is 19.3 Å². The van der Waals surface area contributed by atoms with E-state index in [0.717, 1.165) is 41.6 Å². The Morgan fingerprint density at radius 3 is 2.59 bits per heavy atom. The first-order chi connectivity index (χ1) is 20.0. The third kappa shape index (κ3) is 8.52. The van der Waals surface area contributed by atoms with Crippen LogP contribution in [0.4, 0.5) is 5.69 Å². The van der Waals surface area contributed by atoms with Gasteiger partial charge in [0.2, 0.25) is 0 Å². The maximum Gasteiger partial charge on any atom is 0.307 e. The van der Waals surface area contributed by atoms with Crippen molar-refractivity contribution >= 4 is 40.2 Å². The lowest BCUT2D eigenvalue weighted by Crippen LogP contribution is -2.26. The Balaban J connectivity index is 1.41. The van der Waals surface area contributed by atoms with Crippen molar-refractivity contribution in [2.24, 2.45) is 0 Å². The fourth-order valence-corrected chi connectivity index (χ4v) is 5.97. The van der Waals surface area contributed by atoms with Crippen LogP contribution in [0.15, 0.2) is 40.8 Å². The molecule has 1 aliphatic rings. The lowest BCUT2D eigenvalue weighted by molar-refractivity contribution is -0.142. The molecular weight excluding hydrogens is 536 g/mol. The Bertz CT molecular complexity index is 1280. The molecule has 0 radical (unpaired) electrons. The van der Waals surface area contributed by atoms with Crippen molar-refractivity contribution in [3.8, 4) is 5.75 Å². The fraction of sp³-hybridized carbons (Fsp3) is 0.515.